The van der Waals surface area contributed by atoms with Crippen molar-refractivity contribution in [3.8, 4) is 5.75 Å². The number of benzene rings is 2. The number of carbonyl (C=O) groups excluding carboxylic acids is 1. The van der Waals surface area contributed by atoms with Crippen LogP contribution >= 0.6 is 15.9 Å². The number of nitrogens with zero attached hydrogens (tertiary/aromatic N) is 1. The minimum absolute atomic E-state index is 0.378. The quantitative estimate of drug-likeness (QED) is 0.529. The second-order valence-corrected chi connectivity index (χ2v) is 7.17. The first-order chi connectivity index (χ1) is 12.7. The average molecular weight is 440 g/mol. The van der Waals surface area contributed by atoms with Crippen molar-refractivity contribution in [1.29, 1.82) is 0 Å². The molecule has 0 aliphatic rings. The van der Waals surface area contributed by atoms with Gasteiger partial charge < -0.3 is 9.30 Å². The molecule has 0 spiro atoms. The standard InChI is InChI=1S/C20H17BrF3NO2/c1-12-16(10-19(26)20(22,23)24)17-9-15(27-2)7-8-18(17)25(12)11-13-3-5-14(21)6-4-13/h3-9H,10-11H2,1-2H3. The summed E-state index contributed by atoms with van der Waals surface area (Å²) in [6.07, 6.45) is -5.54. The van der Waals surface area contributed by atoms with E-state index in [9.17, 15) is 18.0 Å². The minimum atomic E-state index is -4.86. The SMILES string of the molecule is COc1ccc2c(c1)c(CC(=O)C(F)(F)F)c(C)n2Cc1ccc(Br)cc1. The molecule has 0 fully saturated rings. The van der Waals surface area contributed by atoms with E-state index in [1.54, 1.807) is 19.1 Å². The molecular formula is C20H17BrF3NO2. The fourth-order valence-corrected chi connectivity index (χ4v) is 3.38. The largest absolute Gasteiger partial charge is 0.497 e. The number of alkyl halides is 3. The lowest BCUT2D eigenvalue weighted by Gasteiger charge is -2.10. The molecule has 0 saturated carbocycles. The van der Waals surface area contributed by atoms with Crippen molar-refractivity contribution in [2.24, 2.45) is 0 Å². The van der Waals surface area contributed by atoms with E-state index in [1.807, 2.05) is 34.9 Å². The number of Topliss-reactive ketones (excluding diaryl/α,β-unsaturated/α-hetero) is 1. The van der Waals surface area contributed by atoms with Crippen LogP contribution in [0.2, 0.25) is 0 Å². The van der Waals surface area contributed by atoms with E-state index in [0.29, 0.717) is 28.9 Å². The fraction of sp³-hybridized carbons (Fsp3) is 0.250. The summed E-state index contributed by atoms with van der Waals surface area (Å²) in [5, 5.41) is 0.599. The van der Waals surface area contributed by atoms with Gasteiger partial charge in [0.15, 0.2) is 0 Å². The zero-order valence-corrected chi connectivity index (χ0v) is 16.3. The predicted octanol–water partition coefficient (Wildman–Crippen LogP) is 5.44. The van der Waals surface area contributed by atoms with E-state index in [2.05, 4.69) is 15.9 Å². The molecule has 2 aromatic carbocycles. The number of ketones is 1. The van der Waals surface area contributed by atoms with Crippen LogP contribution in [-0.4, -0.2) is 23.6 Å². The fourth-order valence-electron chi connectivity index (χ4n) is 3.12. The summed E-state index contributed by atoms with van der Waals surface area (Å²) >= 11 is 3.39. The molecule has 3 rings (SSSR count). The Balaban J connectivity index is 2.11. The van der Waals surface area contributed by atoms with Crippen molar-refractivity contribution in [3.63, 3.8) is 0 Å². The van der Waals surface area contributed by atoms with Gasteiger partial charge >= 0.3 is 6.18 Å². The molecule has 0 unspecified atom stereocenters. The topological polar surface area (TPSA) is 31.2 Å². The molecule has 0 N–H and O–H groups in total. The molecule has 3 aromatic rings. The van der Waals surface area contributed by atoms with Crippen LogP contribution in [0.5, 0.6) is 5.75 Å². The van der Waals surface area contributed by atoms with Crippen LogP contribution in [0.1, 0.15) is 16.8 Å². The van der Waals surface area contributed by atoms with Crippen LogP contribution in [0.25, 0.3) is 10.9 Å². The lowest BCUT2D eigenvalue weighted by Crippen LogP contribution is -2.24. The average Bonchev–Trinajstić information content (AvgIpc) is 2.87. The van der Waals surface area contributed by atoms with Crippen molar-refractivity contribution < 1.29 is 22.7 Å². The maximum absolute atomic E-state index is 12.8. The lowest BCUT2D eigenvalue weighted by molar-refractivity contribution is -0.170. The Hall–Kier alpha value is -2.28. The molecule has 0 amide bonds. The van der Waals surface area contributed by atoms with Gasteiger partial charge in [0.05, 0.1) is 7.11 Å². The van der Waals surface area contributed by atoms with E-state index >= 15 is 0 Å². The molecule has 0 aliphatic heterocycles. The number of halogens is 4. The van der Waals surface area contributed by atoms with Crippen LogP contribution in [0.3, 0.4) is 0 Å². The Bertz CT molecular complexity index is 991. The normalized spacial score (nSPS) is 11.8. The zero-order chi connectivity index (χ0) is 19.8. The highest BCUT2D eigenvalue weighted by Crippen LogP contribution is 2.32. The Kier molecular flexibility index (Phi) is 5.33. The number of aromatic nitrogens is 1. The van der Waals surface area contributed by atoms with Gasteiger partial charge in [0, 0.05) is 34.0 Å². The van der Waals surface area contributed by atoms with Gasteiger partial charge in [-0.05, 0) is 48.4 Å². The van der Waals surface area contributed by atoms with E-state index in [0.717, 1.165) is 15.6 Å². The van der Waals surface area contributed by atoms with Crippen LogP contribution in [0.4, 0.5) is 13.2 Å². The summed E-state index contributed by atoms with van der Waals surface area (Å²) in [4.78, 5) is 11.6. The van der Waals surface area contributed by atoms with Gasteiger partial charge in [-0.15, -0.1) is 0 Å². The van der Waals surface area contributed by atoms with Crippen LogP contribution < -0.4 is 4.74 Å². The predicted molar refractivity (Wildman–Crippen MR) is 101 cm³/mol. The molecule has 0 radical (unpaired) electrons. The first-order valence-corrected chi connectivity index (χ1v) is 9.00. The molecule has 1 heterocycles. The summed E-state index contributed by atoms with van der Waals surface area (Å²) in [6, 6.07) is 13.0. The number of rotatable bonds is 5. The third kappa shape index (κ3) is 4.03. The van der Waals surface area contributed by atoms with Crippen molar-refractivity contribution >= 4 is 32.6 Å². The van der Waals surface area contributed by atoms with Gasteiger partial charge in [-0.3, -0.25) is 4.79 Å². The van der Waals surface area contributed by atoms with E-state index in [-0.39, 0.29) is 0 Å². The number of ether oxygens (including phenoxy) is 1. The minimum Gasteiger partial charge on any atom is -0.497 e. The van der Waals surface area contributed by atoms with Crippen molar-refractivity contribution in [2.45, 2.75) is 26.1 Å². The molecule has 0 bridgehead atoms. The van der Waals surface area contributed by atoms with E-state index < -0.39 is 18.4 Å². The molecular weight excluding hydrogens is 423 g/mol. The smallest absolute Gasteiger partial charge is 0.450 e. The molecule has 27 heavy (non-hydrogen) atoms. The Morgan fingerprint density at radius 2 is 1.81 bits per heavy atom. The molecule has 3 nitrogen and oxygen atoms in total. The molecule has 0 atom stereocenters. The van der Waals surface area contributed by atoms with Gasteiger partial charge in [0.1, 0.15) is 5.75 Å². The monoisotopic (exact) mass is 439 g/mol. The third-order valence-electron chi connectivity index (χ3n) is 4.57. The van der Waals surface area contributed by atoms with E-state index in [1.165, 1.54) is 7.11 Å². The van der Waals surface area contributed by atoms with Crippen LogP contribution in [-0.2, 0) is 17.8 Å². The van der Waals surface area contributed by atoms with Gasteiger partial charge in [0.25, 0.3) is 0 Å². The van der Waals surface area contributed by atoms with Gasteiger partial charge in [-0.25, -0.2) is 0 Å². The highest BCUT2D eigenvalue weighted by Gasteiger charge is 2.38. The maximum Gasteiger partial charge on any atom is 0.450 e. The second kappa shape index (κ2) is 7.38. The Morgan fingerprint density at radius 1 is 1.15 bits per heavy atom. The molecule has 0 aliphatic carbocycles. The van der Waals surface area contributed by atoms with Gasteiger partial charge in [-0.2, -0.15) is 13.2 Å². The Labute approximate surface area is 162 Å². The Morgan fingerprint density at radius 3 is 2.41 bits per heavy atom. The van der Waals surface area contributed by atoms with Crippen LogP contribution in [0.15, 0.2) is 46.9 Å². The molecule has 0 saturated heterocycles. The highest BCUT2D eigenvalue weighted by molar-refractivity contribution is 9.10. The summed E-state index contributed by atoms with van der Waals surface area (Å²) in [5.74, 6) is -1.22. The summed E-state index contributed by atoms with van der Waals surface area (Å²) in [6.45, 7) is 2.23. The lowest BCUT2D eigenvalue weighted by atomic mass is 10.0. The number of carbonyl (C=O) groups is 1. The van der Waals surface area contributed by atoms with Gasteiger partial charge in [-0.1, -0.05) is 28.1 Å². The highest BCUT2D eigenvalue weighted by atomic mass is 79.9. The number of hydrogen-bond donors (Lipinski definition) is 0. The van der Waals surface area contributed by atoms with Crippen LogP contribution in [0, 0.1) is 6.92 Å². The maximum atomic E-state index is 12.8. The first-order valence-electron chi connectivity index (χ1n) is 8.21. The van der Waals surface area contributed by atoms with Crippen molar-refractivity contribution in [3.05, 3.63) is 63.8 Å². The number of methoxy groups -OCH3 is 1. The first kappa shape index (κ1) is 19.5. The summed E-state index contributed by atoms with van der Waals surface area (Å²) < 4.78 is 46.5. The molecule has 1 aromatic heterocycles. The van der Waals surface area contributed by atoms with Crippen molar-refractivity contribution in [1.82, 2.24) is 4.57 Å². The molecule has 142 valence electrons. The summed E-state index contributed by atoms with van der Waals surface area (Å²) in [7, 11) is 1.49. The van der Waals surface area contributed by atoms with Gasteiger partial charge in [0.2, 0.25) is 5.78 Å². The zero-order valence-electron chi connectivity index (χ0n) is 14.7. The second-order valence-electron chi connectivity index (χ2n) is 6.26. The summed E-state index contributed by atoms with van der Waals surface area (Å²) in [5.41, 5.74) is 2.78. The van der Waals surface area contributed by atoms with E-state index in [4.69, 9.17) is 4.74 Å². The van der Waals surface area contributed by atoms with Crippen molar-refractivity contribution in [2.75, 3.05) is 7.11 Å². The third-order valence-corrected chi connectivity index (χ3v) is 5.10. The number of hydrogen-bond acceptors (Lipinski definition) is 2. The number of fused-ring (bicyclic) bond motifs is 1. The molecule has 7 heteroatoms.